The summed E-state index contributed by atoms with van der Waals surface area (Å²) in [5.74, 6) is -0.541. The summed E-state index contributed by atoms with van der Waals surface area (Å²) in [7, 11) is 0. The van der Waals surface area contributed by atoms with Gasteiger partial charge in [0.25, 0.3) is 0 Å². The molecular weight excluding hydrogens is 180 g/mol. The molecule has 0 aromatic carbocycles. The topological polar surface area (TPSA) is 27.7 Å². The first kappa shape index (κ1) is 11.4. The van der Waals surface area contributed by atoms with Gasteiger partial charge < -0.3 is 14.2 Å². The van der Waals surface area contributed by atoms with Crippen molar-refractivity contribution in [3.05, 3.63) is 25.3 Å². The zero-order chi connectivity index (χ0) is 10.6. The summed E-state index contributed by atoms with van der Waals surface area (Å²) in [6, 6.07) is 0. The third-order valence-corrected chi connectivity index (χ3v) is 1.97. The van der Waals surface area contributed by atoms with E-state index in [1.54, 1.807) is 12.2 Å². The Morgan fingerprint density at radius 1 is 1.36 bits per heavy atom. The van der Waals surface area contributed by atoms with Crippen LogP contribution in [0.25, 0.3) is 0 Å². The van der Waals surface area contributed by atoms with Crippen molar-refractivity contribution in [3.63, 3.8) is 0 Å². The number of hydrogen-bond donors (Lipinski definition) is 0. The molecule has 1 aliphatic heterocycles. The van der Waals surface area contributed by atoms with Gasteiger partial charge in [-0.25, -0.2) is 0 Å². The van der Waals surface area contributed by atoms with Crippen LogP contribution in [0, 0.1) is 0 Å². The molecular formula is C11H18O3. The van der Waals surface area contributed by atoms with Crippen LogP contribution in [0.1, 0.15) is 13.8 Å². The first-order chi connectivity index (χ1) is 6.59. The van der Waals surface area contributed by atoms with E-state index in [2.05, 4.69) is 13.2 Å². The molecule has 2 atom stereocenters. The SMILES string of the molecule is C=CCOCC1OC(C)(C)OC1C=C. The molecule has 1 heterocycles. The van der Waals surface area contributed by atoms with Crippen molar-refractivity contribution in [1.29, 1.82) is 0 Å². The lowest BCUT2D eigenvalue weighted by Crippen LogP contribution is -2.26. The van der Waals surface area contributed by atoms with Gasteiger partial charge in [0, 0.05) is 0 Å². The van der Waals surface area contributed by atoms with Crippen molar-refractivity contribution in [2.45, 2.75) is 31.8 Å². The Balaban J connectivity index is 2.42. The van der Waals surface area contributed by atoms with Crippen LogP contribution in [0.2, 0.25) is 0 Å². The highest BCUT2D eigenvalue weighted by atomic mass is 16.8. The van der Waals surface area contributed by atoms with Gasteiger partial charge in [-0.3, -0.25) is 0 Å². The van der Waals surface area contributed by atoms with Crippen molar-refractivity contribution in [2.75, 3.05) is 13.2 Å². The maximum atomic E-state index is 5.65. The minimum Gasteiger partial charge on any atom is -0.375 e. The van der Waals surface area contributed by atoms with Gasteiger partial charge in [-0.1, -0.05) is 12.2 Å². The van der Waals surface area contributed by atoms with E-state index >= 15 is 0 Å². The van der Waals surface area contributed by atoms with E-state index in [1.807, 2.05) is 13.8 Å². The fourth-order valence-corrected chi connectivity index (χ4v) is 1.46. The smallest absolute Gasteiger partial charge is 0.164 e. The normalized spacial score (nSPS) is 30.1. The van der Waals surface area contributed by atoms with Gasteiger partial charge in [-0.15, -0.1) is 13.2 Å². The second-order valence-corrected chi connectivity index (χ2v) is 3.70. The van der Waals surface area contributed by atoms with Crippen LogP contribution in [-0.4, -0.2) is 31.2 Å². The van der Waals surface area contributed by atoms with Crippen LogP contribution < -0.4 is 0 Å². The highest BCUT2D eigenvalue weighted by Gasteiger charge is 2.39. The number of ether oxygens (including phenoxy) is 3. The highest BCUT2D eigenvalue weighted by molar-refractivity contribution is 4.93. The Morgan fingerprint density at radius 2 is 2.07 bits per heavy atom. The van der Waals surface area contributed by atoms with E-state index in [0.29, 0.717) is 13.2 Å². The molecule has 0 bridgehead atoms. The fraction of sp³-hybridized carbons (Fsp3) is 0.636. The maximum Gasteiger partial charge on any atom is 0.164 e. The minimum atomic E-state index is -0.541. The van der Waals surface area contributed by atoms with Gasteiger partial charge in [0.15, 0.2) is 5.79 Å². The Morgan fingerprint density at radius 3 is 2.64 bits per heavy atom. The molecule has 0 amide bonds. The Bertz CT molecular complexity index is 211. The van der Waals surface area contributed by atoms with Crippen molar-refractivity contribution in [3.8, 4) is 0 Å². The molecule has 1 saturated heterocycles. The predicted octanol–water partition coefficient (Wildman–Crippen LogP) is 1.90. The Hall–Kier alpha value is -0.640. The quantitative estimate of drug-likeness (QED) is 0.499. The largest absolute Gasteiger partial charge is 0.375 e. The molecule has 2 unspecified atom stereocenters. The number of rotatable bonds is 5. The zero-order valence-corrected chi connectivity index (χ0v) is 8.86. The van der Waals surface area contributed by atoms with Crippen LogP contribution in [0.15, 0.2) is 25.3 Å². The first-order valence-corrected chi connectivity index (χ1v) is 4.76. The summed E-state index contributed by atoms with van der Waals surface area (Å²) in [5.41, 5.74) is 0. The summed E-state index contributed by atoms with van der Waals surface area (Å²) in [6.45, 7) is 12.1. The third kappa shape index (κ3) is 2.94. The second-order valence-electron chi connectivity index (χ2n) is 3.70. The molecule has 0 aromatic rings. The Labute approximate surface area is 85.3 Å². The molecule has 1 aliphatic rings. The van der Waals surface area contributed by atoms with Gasteiger partial charge in [0.2, 0.25) is 0 Å². The second kappa shape index (κ2) is 4.73. The van der Waals surface area contributed by atoms with Gasteiger partial charge in [-0.05, 0) is 13.8 Å². The molecule has 1 rings (SSSR count). The lowest BCUT2D eigenvalue weighted by molar-refractivity contribution is -0.147. The van der Waals surface area contributed by atoms with Crippen molar-refractivity contribution in [1.82, 2.24) is 0 Å². The standard InChI is InChI=1S/C11H18O3/c1-5-7-12-8-10-9(6-2)13-11(3,4)14-10/h5-6,9-10H,1-2,7-8H2,3-4H3. The third-order valence-electron chi connectivity index (χ3n) is 1.97. The molecule has 0 N–H and O–H groups in total. The van der Waals surface area contributed by atoms with Crippen LogP contribution in [-0.2, 0) is 14.2 Å². The first-order valence-electron chi connectivity index (χ1n) is 4.76. The zero-order valence-electron chi connectivity index (χ0n) is 8.86. The molecule has 14 heavy (non-hydrogen) atoms. The lowest BCUT2D eigenvalue weighted by atomic mass is 10.2. The van der Waals surface area contributed by atoms with Gasteiger partial charge >= 0.3 is 0 Å². The highest BCUT2D eigenvalue weighted by Crippen LogP contribution is 2.28. The molecule has 0 aromatic heterocycles. The molecule has 0 saturated carbocycles. The monoisotopic (exact) mass is 198 g/mol. The van der Waals surface area contributed by atoms with Crippen molar-refractivity contribution in [2.24, 2.45) is 0 Å². The van der Waals surface area contributed by atoms with Gasteiger partial charge in [0.1, 0.15) is 12.2 Å². The molecule has 0 radical (unpaired) electrons. The van der Waals surface area contributed by atoms with E-state index in [9.17, 15) is 0 Å². The summed E-state index contributed by atoms with van der Waals surface area (Å²) in [5, 5.41) is 0. The fourth-order valence-electron chi connectivity index (χ4n) is 1.46. The predicted molar refractivity (Wildman–Crippen MR) is 55.0 cm³/mol. The molecule has 0 spiro atoms. The summed E-state index contributed by atoms with van der Waals surface area (Å²) >= 11 is 0. The molecule has 80 valence electrons. The molecule has 3 heteroatoms. The minimum absolute atomic E-state index is 0.0672. The van der Waals surface area contributed by atoms with Gasteiger partial charge in [-0.2, -0.15) is 0 Å². The summed E-state index contributed by atoms with van der Waals surface area (Å²) in [4.78, 5) is 0. The van der Waals surface area contributed by atoms with Crippen LogP contribution in [0.4, 0.5) is 0 Å². The van der Waals surface area contributed by atoms with E-state index in [1.165, 1.54) is 0 Å². The van der Waals surface area contributed by atoms with Crippen molar-refractivity contribution < 1.29 is 14.2 Å². The molecule has 0 aliphatic carbocycles. The number of hydrogen-bond acceptors (Lipinski definition) is 3. The molecule has 1 fully saturated rings. The van der Waals surface area contributed by atoms with E-state index < -0.39 is 5.79 Å². The lowest BCUT2D eigenvalue weighted by Gasteiger charge is -2.16. The molecule has 3 nitrogen and oxygen atoms in total. The average Bonchev–Trinajstić information content (AvgIpc) is 2.41. The Kier molecular flexibility index (Phi) is 3.86. The average molecular weight is 198 g/mol. The summed E-state index contributed by atoms with van der Waals surface area (Å²) < 4.78 is 16.6. The van der Waals surface area contributed by atoms with Crippen LogP contribution >= 0.6 is 0 Å². The van der Waals surface area contributed by atoms with Crippen LogP contribution in [0.3, 0.4) is 0 Å². The maximum absolute atomic E-state index is 5.65. The van der Waals surface area contributed by atoms with Crippen molar-refractivity contribution >= 4 is 0 Å². The summed E-state index contributed by atoms with van der Waals surface area (Å²) in [6.07, 6.45) is 3.30. The van der Waals surface area contributed by atoms with E-state index in [0.717, 1.165) is 0 Å². The van der Waals surface area contributed by atoms with Gasteiger partial charge in [0.05, 0.1) is 13.2 Å². The van der Waals surface area contributed by atoms with Crippen LogP contribution in [0.5, 0.6) is 0 Å². The van der Waals surface area contributed by atoms with E-state index in [-0.39, 0.29) is 12.2 Å². The van der Waals surface area contributed by atoms with E-state index in [4.69, 9.17) is 14.2 Å².